The molecule has 5 nitrogen and oxygen atoms in total. The van der Waals surface area contributed by atoms with Crippen LogP contribution in [0.4, 0.5) is 0 Å². The van der Waals surface area contributed by atoms with Crippen molar-refractivity contribution in [3.8, 4) is 5.75 Å². The number of rotatable bonds is 6. The molecule has 1 aromatic rings. The third-order valence-corrected chi connectivity index (χ3v) is 4.54. The standard InChI is InChI=1S/C20H28N2O3/c1-4-6-15(2)20(24)21-17-9-11-22(12-10-17)19(23)14-16-7-5-8-18(13-16)25-3/h5-8,13,17H,4,9-12,14H2,1-3H3,(H,21,24)/b15-6-. The van der Waals surface area contributed by atoms with Crippen molar-refractivity contribution in [2.45, 2.75) is 45.6 Å². The zero-order valence-corrected chi connectivity index (χ0v) is 15.4. The third-order valence-electron chi connectivity index (χ3n) is 4.54. The molecule has 0 saturated carbocycles. The molecule has 0 unspecified atom stereocenters. The van der Waals surface area contributed by atoms with Crippen molar-refractivity contribution in [3.05, 3.63) is 41.5 Å². The molecule has 1 aliphatic heterocycles. The molecule has 5 heteroatoms. The van der Waals surface area contributed by atoms with Gasteiger partial charge in [0.15, 0.2) is 0 Å². The van der Waals surface area contributed by atoms with E-state index in [1.54, 1.807) is 7.11 Å². The van der Waals surface area contributed by atoms with Crippen LogP contribution >= 0.6 is 0 Å². The molecule has 1 fully saturated rings. The molecule has 0 radical (unpaired) electrons. The minimum absolute atomic E-state index is 0.00278. The predicted octanol–water partition coefficient (Wildman–Crippen LogP) is 2.70. The molecule has 1 aliphatic rings. The molecule has 1 heterocycles. The van der Waals surface area contributed by atoms with Gasteiger partial charge in [0.1, 0.15) is 5.75 Å². The summed E-state index contributed by atoms with van der Waals surface area (Å²) >= 11 is 0. The summed E-state index contributed by atoms with van der Waals surface area (Å²) in [6.07, 6.45) is 4.77. The Hall–Kier alpha value is -2.30. The van der Waals surface area contributed by atoms with Crippen LogP contribution in [0.2, 0.25) is 0 Å². The maximum Gasteiger partial charge on any atom is 0.246 e. The second kappa shape index (κ2) is 9.25. The monoisotopic (exact) mass is 344 g/mol. The predicted molar refractivity (Wildman–Crippen MR) is 98.5 cm³/mol. The summed E-state index contributed by atoms with van der Waals surface area (Å²) in [7, 11) is 1.62. The Kier molecular flexibility index (Phi) is 7.04. The van der Waals surface area contributed by atoms with Crippen LogP contribution in [0.15, 0.2) is 35.9 Å². The third kappa shape index (κ3) is 5.62. The van der Waals surface area contributed by atoms with Gasteiger partial charge in [-0.3, -0.25) is 9.59 Å². The molecule has 1 aromatic carbocycles. The van der Waals surface area contributed by atoms with E-state index < -0.39 is 0 Å². The van der Waals surface area contributed by atoms with Crippen LogP contribution in [0.25, 0.3) is 0 Å². The van der Waals surface area contributed by atoms with Gasteiger partial charge in [-0.15, -0.1) is 0 Å². The highest BCUT2D eigenvalue weighted by Gasteiger charge is 2.24. The first-order valence-corrected chi connectivity index (χ1v) is 8.91. The van der Waals surface area contributed by atoms with E-state index in [0.29, 0.717) is 19.5 Å². The van der Waals surface area contributed by atoms with Gasteiger partial charge in [-0.25, -0.2) is 0 Å². The number of piperidine rings is 1. The van der Waals surface area contributed by atoms with Crippen LogP contribution in [0, 0.1) is 0 Å². The first-order chi connectivity index (χ1) is 12.0. The van der Waals surface area contributed by atoms with E-state index in [1.165, 1.54) is 0 Å². The van der Waals surface area contributed by atoms with Crippen molar-refractivity contribution in [2.24, 2.45) is 0 Å². The summed E-state index contributed by atoms with van der Waals surface area (Å²) in [4.78, 5) is 26.4. The summed E-state index contributed by atoms with van der Waals surface area (Å²) < 4.78 is 5.20. The summed E-state index contributed by atoms with van der Waals surface area (Å²) in [5.74, 6) is 0.894. The highest BCUT2D eigenvalue weighted by molar-refractivity contribution is 5.92. The molecule has 0 spiro atoms. The summed E-state index contributed by atoms with van der Waals surface area (Å²) in [5.41, 5.74) is 1.72. The Balaban J connectivity index is 1.82. The van der Waals surface area contributed by atoms with Crippen LogP contribution in [-0.4, -0.2) is 43.0 Å². The van der Waals surface area contributed by atoms with Gasteiger partial charge in [-0.1, -0.05) is 25.1 Å². The fourth-order valence-electron chi connectivity index (χ4n) is 3.04. The molecule has 0 aromatic heterocycles. The summed E-state index contributed by atoms with van der Waals surface area (Å²) in [6.45, 7) is 5.23. The topological polar surface area (TPSA) is 58.6 Å². The Morgan fingerprint density at radius 3 is 2.68 bits per heavy atom. The van der Waals surface area contributed by atoms with Crippen molar-refractivity contribution in [1.82, 2.24) is 10.2 Å². The second-order valence-corrected chi connectivity index (χ2v) is 6.45. The zero-order chi connectivity index (χ0) is 18.2. The van der Waals surface area contributed by atoms with Gasteiger partial charge in [0.25, 0.3) is 0 Å². The number of allylic oxidation sites excluding steroid dienone is 1. The Bertz CT molecular complexity index is 632. The lowest BCUT2D eigenvalue weighted by Gasteiger charge is -2.32. The zero-order valence-electron chi connectivity index (χ0n) is 15.4. The molecule has 25 heavy (non-hydrogen) atoms. The van der Waals surface area contributed by atoms with Gasteiger partial charge in [-0.05, 0) is 43.9 Å². The normalized spacial score (nSPS) is 15.8. The summed E-state index contributed by atoms with van der Waals surface area (Å²) in [6, 6.07) is 7.75. The van der Waals surface area contributed by atoms with E-state index in [-0.39, 0.29) is 17.9 Å². The van der Waals surface area contributed by atoms with Crippen LogP contribution in [0.3, 0.4) is 0 Å². The van der Waals surface area contributed by atoms with Crippen molar-refractivity contribution < 1.29 is 14.3 Å². The Morgan fingerprint density at radius 2 is 2.04 bits per heavy atom. The first kappa shape index (κ1) is 19.0. The van der Waals surface area contributed by atoms with Crippen molar-refractivity contribution in [1.29, 1.82) is 0 Å². The number of carbonyl (C=O) groups excluding carboxylic acids is 2. The largest absolute Gasteiger partial charge is 0.497 e. The molecule has 2 amide bonds. The van der Waals surface area contributed by atoms with E-state index >= 15 is 0 Å². The van der Waals surface area contributed by atoms with E-state index in [4.69, 9.17) is 4.74 Å². The number of ether oxygens (including phenoxy) is 1. The fourth-order valence-corrected chi connectivity index (χ4v) is 3.04. The Labute approximate surface area is 150 Å². The highest BCUT2D eigenvalue weighted by atomic mass is 16.5. The van der Waals surface area contributed by atoms with Crippen molar-refractivity contribution in [3.63, 3.8) is 0 Å². The minimum atomic E-state index is 0.00278. The van der Waals surface area contributed by atoms with Crippen LogP contribution < -0.4 is 10.1 Å². The minimum Gasteiger partial charge on any atom is -0.497 e. The quantitative estimate of drug-likeness (QED) is 0.807. The molecular formula is C20H28N2O3. The van der Waals surface area contributed by atoms with E-state index in [2.05, 4.69) is 5.32 Å². The lowest BCUT2D eigenvalue weighted by molar-refractivity contribution is -0.131. The molecule has 0 aliphatic carbocycles. The molecule has 1 N–H and O–H groups in total. The van der Waals surface area contributed by atoms with Gasteiger partial charge in [-0.2, -0.15) is 0 Å². The molecule has 0 atom stereocenters. The molecule has 2 rings (SSSR count). The lowest BCUT2D eigenvalue weighted by atomic mass is 10.0. The maximum absolute atomic E-state index is 12.5. The number of nitrogens with one attached hydrogen (secondary N) is 1. The van der Waals surface area contributed by atoms with Gasteiger partial charge in [0.05, 0.1) is 13.5 Å². The van der Waals surface area contributed by atoms with Gasteiger partial charge in [0, 0.05) is 24.7 Å². The Morgan fingerprint density at radius 1 is 1.32 bits per heavy atom. The van der Waals surface area contributed by atoms with Crippen LogP contribution in [0.1, 0.15) is 38.7 Å². The van der Waals surface area contributed by atoms with Gasteiger partial charge < -0.3 is 15.0 Å². The SMILES string of the molecule is CC/C=C(/C)C(=O)NC1CCN(C(=O)Cc2cccc(OC)c2)CC1. The van der Waals surface area contributed by atoms with Crippen LogP contribution in [0.5, 0.6) is 5.75 Å². The number of benzene rings is 1. The number of hydrogen-bond acceptors (Lipinski definition) is 3. The van der Waals surface area contributed by atoms with Crippen LogP contribution in [-0.2, 0) is 16.0 Å². The molecule has 1 saturated heterocycles. The first-order valence-electron chi connectivity index (χ1n) is 8.91. The summed E-state index contributed by atoms with van der Waals surface area (Å²) in [5, 5.41) is 3.07. The highest BCUT2D eigenvalue weighted by Crippen LogP contribution is 2.16. The van der Waals surface area contributed by atoms with Crippen molar-refractivity contribution >= 4 is 11.8 Å². The van der Waals surface area contributed by atoms with E-state index in [1.807, 2.05) is 49.1 Å². The van der Waals surface area contributed by atoms with E-state index in [9.17, 15) is 9.59 Å². The number of likely N-dealkylation sites (tertiary alicyclic amines) is 1. The van der Waals surface area contributed by atoms with Gasteiger partial charge >= 0.3 is 0 Å². The molecule has 0 bridgehead atoms. The number of hydrogen-bond donors (Lipinski definition) is 1. The van der Waals surface area contributed by atoms with Crippen molar-refractivity contribution in [2.75, 3.05) is 20.2 Å². The molecule has 136 valence electrons. The van der Waals surface area contributed by atoms with Gasteiger partial charge in [0.2, 0.25) is 11.8 Å². The lowest BCUT2D eigenvalue weighted by Crippen LogP contribution is -2.47. The smallest absolute Gasteiger partial charge is 0.246 e. The fraction of sp³-hybridized carbons (Fsp3) is 0.500. The number of methoxy groups -OCH3 is 1. The number of carbonyl (C=O) groups is 2. The average molecular weight is 344 g/mol. The number of amides is 2. The molecular weight excluding hydrogens is 316 g/mol. The van der Waals surface area contributed by atoms with E-state index in [0.717, 1.165) is 36.1 Å². The average Bonchev–Trinajstić information content (AvgIpc) is 2.62. The maximum atomic E-state index is 12.5. The number of nitrogens with zero attached hydrogens (tertiary/aromatic N) is 1. The second-order valence-electron chi connectivity index (χ2n) is 6.45.